The maximum atomic E-state index is 6.07. The Morgan fingerprint density at radius 2 is 1.85 bits per heavy atom. The Morgan fingerprint density at radius 3 is 2.23 bits per heavy atom. The van der Waals surface area contributed by atoms with E-state index in [-0.39, 0.29) is 5.54 Å². The summed E-state index contributed by atoms with van der Waals surface area (Å²) in [5, 5.41) is 0. The highest BCUT2D eigenvalue weighted by Crippen LogP contribution is 2.12. The van der Waals surface area contributed by atoms with Crippen molar-refractivity contribution in [2.75, 3.05) is 13.2 Å². The van der Waals surface area contributed by atoms with Gasteiger partial charge in [-0.15, -0.1) is 0 Å². The highest BCUT2D eigenvalue weighted by molar-refractivity contribution is 4.93. The van der Waals surface area contributed by atoms with E-state index < -0.39 is 0 Å². The quantitative estimate of drug-likeness (QED) is 0.618. The number of hydrogen-bond acceptors (Lipinski definition) is 2. The molecule has 0 saturated carbocycles. The van der Waals surface area contributed by atoms with Crippen molar-refractivity contribution in [3.05, 3.63) is 12.2 Å². The minimum atomic E-state index is -0.145. The van der Waals surface area contributed by atoms with Crippen LogP contribution in [0.25, 0.3) is 0 Å². The number of rotatable bonds is 7. The third kappa shape index (κ3) is 5.06. The fourth-order valence-corrected chi connectivity index (χ4v) is 0.955. The van der Waals surface area contributed by atoms with E-state index in [4.69, 9.17) is 10.5 Å². The first-order valence-corrected chi connectivity index (χ1v) is 5.11. The van der Waals surface area contributed by atoms with Crippen molar-refractivity contribution in [1.29, 1.82) is 0 Å². The third-order valence-corrected chi connectivity index (χ3v) is 2.60. The predicted octanol–water partition coefficient (Wildman–Crippen LogP) is 2.49. The van der Waals surface area contributed by atoms with Crippen molar-refractivity contribution in [2.45, 2.75) is 45.6 Å². The van der Waals surface area contributed by atoms with Gasteiger partial charge in [-0.2, -0.15) is 0 Å². The molecule has 0 unspecified atom stereocenters. The Kier molecular flexibility index (Phi) is 6.00. The summed E-state index contributed by atoms with van der Waals surface area (Å²) in [5.41, 5.74) is 7.06. The van der Waals surface area contributed by atoms with Crippen LogP contribution in [0.1, 0.15) is 40.0 Å². The van der Waals surface area contributed by atoms with Crippen LogP contribution in [0.15, 0.2) is 12.2 Å². The van der Waals surface area contributed by atoms with Crippen LogP contribution in [0.4, 0.5) is 0 Å². The summed E-state index contributed by atoms with van der Waals surface area (Å²) in [5.74, 6) is 0. The van der Waals surface area contributed by atoms with Crippen LogP contribution in [0.3, 0.4) is 0 Å². The zero-order valence-corrected chi connectivity index (χ0v) is 9.23. The molecule has 0 rings (SSSR count). The Bertz CT molecular complexity index is 150. The molecule has 0 fully saturated rings. The second-order valence-corrected chi connectivity index (χ2v) is 3.67. The van der Waals surface area contributed by atoms with E-state index in [2.05, 4.69) is 27.4 Å². The summed E-state index contributed by atoms with van der Waals surface area (Å²) >= 11 is 0. The maximum Gasteiger partial charge on any atom is 0.0675 e. The molecule has 13 heavy (non-hydrogen) atoms. The van der Waals surface area contributed by atoms with Gasteiger partial charge in [0.15, 0.2) is 0 Å². The molecule has 78 valence electrons. The molecule has 0 aromatic heterocycles. The molecule has 2 heteroatoms. The van der Waals surface area contributed by atoms with Crippen LogP contribution in [0.5, 0.6) is 0 Å². The van der Waals surface area contributed by atoms with E-state index in [0.717, 1.165) is 24.8 Å². The highest BCUT2D eigenvalue weighted by atomic mass is 16.5. The standard InChI is InChI=1S/C11H23NO/c1-5-10(4)8-13-9-11(12,6-2)7-3/h4-9,12H2,1-3H3. The molecule has 0 aliphatic rings. The number of ether oxygens (including phenoxy) is 1. The van der Waals surface area contributed by atoms with Gasteiger partial charge in [0, 0.05) is 5.54 Å². The monoisotopic (exact) mass is 185 g/mol. The van der Waals surface area contributed by atoms with E-state index in [1.54, 1.807) is 0 Å². The van der Waals surface area contributed by atoms with Crippen molar-refractivity contribution in [3.63, 3.8) is 0 Å². The lowest BCUT2D eigenvalue weighted by molar-refractivity contribution is 0.0959. The lowest BCUT2D eigenvalue weighted by Gasteiger charge is -2.26. The Balaban J connectivity index is 3.67. The van der Waals surface area contributed by atoms with Gasteiger partial charge in [-0.05, 0) is 19.3 Å². The molecule has 2 nitrogen and oxygen atoms in total. The van der Waals surface area contributed by atoms with Crippen LogP contribution in [0.2, 0.25) is 0 Å². The Morgan fingerprint density at radius 1 is 1.31 bits per heavy atom. The van der Waals surface area contributed by atoms with E-state index in [1.807, 2.05) is 0 Å². The Hall–Kier alpha value is -0.340. The van der Waals surface area contributed by atoms with Gasteiger partial charge in [0.05, 0.1) is 13.2 Å². The molecular formula is C11H23NO. The van der Waals surface area contributed by atoms with Gasteiger partial charge in [-0.3, -0.25) is 0 Å². The topological polar surface area (TPSA) is 35.2 Å². The summed E-state index contributed by atoms with van der Waals surface area (Å²) in [6.07, 6.45) is 2.90. The second kappa shape index (κ2) is 6.17. The van der Waals surface area contributed by atoms with E-state index in [0.29, 0.717) is 13.2 Å². The van der Waals surface area contributed by atoms with Crippen molar-refractivity contribution in [2.24, 2.45) is 5.73 Å². The van der Waals surface area contributed by atoms with Gasteiger partial charge in [0.25, 0.3) is 0 Å². The summed E-state index contributed by atoms with van der Waals surface area (Å²) in [4.78, 5) is 0. The molecule has 0 atom stereocenters. The van der Waals surface area contributed by atoms with Gasteiger partial charge in [-0.25, -0.2) is 0 Å². The second-order valence-electron chi connectivity index (χ2n) is 3.67. The van der Waals surface area contributed by atoms with Crippen molar-refractivity contribution in [3.8, 4) is 0 Å². The average molecular weight is 185 g/mol. The lowest BCUT2D eigenvalue weighted by atomic mass is 9.96. The van der Waals surface area contributed by atoms with Crippen molar-refractivity contribution in [1.82, 2.24) is 0 Å². The molecule has 0 aliphatic heterocycles. The molecule has 0 amide bonds. The zero-order valence-electron chi connectivity index (χ0n) is 9.23. The summed E-state index contributed by atoms with van der Waals surface area (Å²) < 4.78 is 5.51. The maximum absolute atomic E-state index is 6.07. The molecule has 2 N–H and O–H groups in total. The molecule has 0 aliphatic carbocycles. The summed E-state index contributed by atoms with van der Waals surface area (Å²) in [6.45, 7) is 11.4. The molecule has 0 spiro atoms. The highest BCUT2D eigenvalue weighted by Gasteiger charge is 2.19. The van der Waals surface area contributed by atoms with Crippen LogP contribution < -0.4 is 5.73 Å². The lowest BCUT2D eigenvalue weighted by Crippen LogP contribution is -2.43. The molecule has 0 heterocycles. The summed E-state index contributed by atoms with van der Waals surface area (Å²) in [6, 6.07) is 0. The van der Waals surface area contributed by atoms with Crippen LogP contribution in [0, 0.1) is 0 Å². The minimum Gasteiger partial charge on any atom is -0.375 e. The average Bonchev–Trinajstić information content (AvgIpc) is 2.17. The van der Waals surface area contributed by atoms with E-state index in [9.17, 15) is 0 Å². The first kappa shape index (κ1) is 12.7. The predicted molar refractivity (Wildman–Crippen MR) is 57.8 cm³/mol. The molecule has 0 aromatic carbocycles. The van der Waals surface area contributed by atoms with Crippen LogP contribution in [-0.2, 0) is 4.74 Å². The number of nitrogens with two attached hydrogens (primary N) is 1. The first-order valence-electron chi connectivity index (χ1n) is 5.11. The van der Waals surface area contributed by atoms with Gasteiger partial charge < -0.3 is 10.5 Å². The fourth-order valence-electron chi connectivity index (χ4n) is 0.955. The van der Waals surface area contributed by atoms with Gasteiger partial charge in [-0.1, -0.05) is 32.9 Å². The first-order chi connectivity index (χ1) is 6.08. The number of hydrogen-bond donors (Lipinski definition) is 1. The SMILES string of the molecule is C=C(CC)COCC(N)(CC)CC. The minimum absolute atomic E-state index is 0.145. The zero-order chi connectivity index (χ0) is 10.3. The summed E-state index contributed by atoms with van der Waals surface area (Å²) in [7, 11) is 0. The molecule has 0 bridgehead atoms. The van der Waals surface area contributed by atoms with E-state index in [1.165, 1.54) is 0 Å². The van der Waals surface area contributed by atoms with Crippen molar-refractivity contribution >= 4 is 0 Å². The molecule has 0 saturated heterocycles. The fraction of sp³-hybridized carbons (Fsp3) is 0.818. The van der Waals surface area contributed by atoms with Gasteiger partial charge in [0.2, 0.25) is 0 Å². The smallest absolute Gasteiger partial charge is 0.0675 e. The molecular weight excluding hydrogens is 162 g/mol. The Labute approximate surface area is 82.2 Å². The van der Waals surface area contributed by atoms with Gasteiger partial charge in [0.1, 0.15) is 0 Å². The molecule has 0 radical (unpaired) electrons. The van der Waals surface area contributed by atoms with Crippen molar-refractivity contribution < 1.29 is 4.74 Å². The van der Waals surface area contributed by atoms with Crippen LogP contribution in [-0.4, -0.2) is 18.8 Å². The van der Waals surface area contributed by atoms with Gasteiger partial charge >= 0.3 is 0 Å². The largest absolute Gasteiger partial charge is 0.375 e. The third-order valence-electron chi connectivity index (χ3n) is 2.60. The van der Waals surface area contributed by atoms with Crippen LogP contribution >= 0.6 is 0 Å². The van der Waals surface area contributed by atoms with E-state index >= 15 is 0 Å². The molecule has 0 aromatic rings. The normalized spacial score (nSPS) is 11.7.